The van der Waals surface area contributed by atoms with E-state index in [1.165, 1.54) is 11.1 Å². The zero-order valence-electron chi connectivity index (χ0n) is 10.4. The quantitative estimate of drug-likeness (QED) is 0.853. The summed E-state index contributed by atoms with van der Waals surface area (Å²) in [4.78, 5) is 13.8. The first-order valence-electron chi connectivity index (χ1n) is 6.30. The molecule has 0 aliphatic carbocycles. The Bertz CT molecular complexity index is 390. The fraction of sp³-hybridized carbons (Fsp3) is 0.500. The molecule has 0 saturated carbocycles. The molecule has 1 fully saturated rings. The number of nitrogens with zero attached hydrogens (tertiary/aromatic N) is 1. The molecule has 0 bridgehead atoms. The molecule has 3 heteroatoms. The van der Waals surface area contributed by atoms with Crippen LogP contribution in [0.1, 0.15) is 17.5 Å². The minimum atomic E-state index is 0.232. The summed E-state index contributed by atoms with van der Waals surface area (Å²) in [6, 6.07) is 8.39. The summed E-state index contributed by atoms with van der Waals surface area (Å²) in [5.74, 6) is 0.232. The van der Waals surface area contributed by atoms with Crippen molar-refractivity contribution in [2.24, 2.45) is 0 Å². The highest BCUT2D eigenvalue weighted by Crippen LogP contribution is 2.09. The Morgan fingerprint density at radius 3 is 3.00 bits per heavy atom. The highest BCUT2D eigenvalue weighted by atomic mass is 16.2. The van der Waals surface area contributed by atoms with E-state index in [-0.39, 0.29) is 5.91 Å². The lowest BCUT2D eigenvalue weighted by Gasteiger charge is -2.20. The second kappa shape index (κ2) is 5.82. The van der Waals surface area contributed by atoms with Crippen LogP contribution in [0.2, 0.25) is 0 Å². The summed E-state index contributed by atoms with van der Waals surface area (Å²) < 4.78 is 0. The SMILES string of the molecule is Cc1ccccc1CCN1CCCNCC1=O. The molecule has 92 valence electrons. The lowest BCUT2D eigenvalue weighted by Crippen LogP contribution is -2.36. The van der Waals surface area contributed by atoms with Crippen LogP contribution >= 0.6 is 0 Å². The molecule has 0 unspecified atom stereocenters. The maximum absolute atomic E-state index is 11.8. The van der Waals surface area contributed by atoms with Gasteiger partial charge in [-0.25, -0.2) is 0 Å². The average molecular weight is 232 g/mol. The second-order valence-corrected chi connectivity index (χ2v) is 4.59. The van der Waals surface area contributed by atoms with Gasteiger partial charge in [-0.1, -0.05) is 24.3 Å². The highest BCUT2D eigenvalue weighted by Gasteiger charge is 2.15. The van der Waals surface area contributed by atoms with Crippen LogP contribution in [0.15, 0.2) is 24.3 Å². The first-order valence-corrected chi connectivity index (χ1v) is 6.30. The van der Waals surface area contributed by atoms with Crippen LogP contribution in [0, 0.1) is 6.92 Å². The number of carbonyl (C=O) groups is 1. The summed E-state index contributed by atoms with van der Waals surface area (Å²) in [5.41, 5.74) is 2.66. The van der Waals surface area contributed by atoms with Gasteiger partial charge in [-0.3, -0.25) is 4.79 Å². The van der Waals surface area contributed by atoms with Gasteiger partial charge in [-0.2, -0.15) is 0 Å². The second-order valence-electron chi connectivity index (χ2n) is 4.59. The molecule has 1 aromatic carbocycles. The van der Waals surface area contributed by atoms with Crippen molar-refractivity contribution in [1.82, 2.24) is 10.2 Å². The van der Waals surface area contributed by atoms with E-state index in [1.807, 2.05) is 4.90 Å². The third kappa shape index (κ3) is 3.30. The lowest BCUT2D eigenvalue weighted by molar-refractivity contribution is -0.129. The predicted octanol–water partition coefficient (Wildman–Crippen LogP) is 1.36. The van der Waals surface area contributed by atoms with Gasteiger partial charge >= 0.3 is 0 Å². The molecule has 1 N–H and O–H groups in total. The van der Waals surface area contributed by atoms with Crippen LogP contribution in [0.4, 0.5) is 0 Å². The number of aryl methyl sites for hydroxylation is 1. The Hall–Kier alpha value is -1.35. The number of rotatable bonds is 3. The van der Waals surface area contributed by atoms with Crippen molar-refractivity contribution >= 4 is 5.91 Å². The molecule has 0 spiro atoms. The molecule has 0 atom stereocenters. The molecule has 0 aromatic heterocycles. The average Bonchev–Trinajstić information content (AvgIpc) is 2.53. The predicted molar refractivity (Wildman–Crippen MR) is 68.9 cm³/mol. The Kier molecular flexibility index (Phi) is 4.15. The third-order valence-corrected chi connectivity index (χ3v) is 3.32. The summed E-state index contributed by atoms with van der Waals surface area (Å²) in [6.45, 7) is 5.30. The largest absolute Gasteiger partial charge is 0.341 e. The van der Waals surface area contributed by atoms with Gasteiger partial charge in [0.2, 0.25) is 5.91 Å². The Balaban J connectivity index is 1.93. The molecule has 1 aliphatic heterocycles. The minimum Gasteiger partial charge on any atom is -0.341 e. The van der Waals surface area contributed by atoms with E-state index < -0.39 is 0 Å². The van der Waals surface area contributed by atoms with Gasteiger partial charge in [0, 0.05) is 13.1 Å². The monoisotopic (exact) mass is 232 g/mol. The zero-order valence-corrected chi connectivity index (χ0v) is 10.4. The molecule has 3 nitrogen and oxygen atoms in total. The van der Waals surface area contributed by atoms with Gasteiger partial charge in [-0.05, 0) is 37.4 Å². The van der Waals surface area contributed by atoms with Crippen LogP contribution in [-0.2, 0) is 11.2 Å². The van der Waals surface area contributed by atoms with E-state index >= 15 is 0 Å². The molecule has 1 amide bonds. The molecule has 2 rings (SSSR count). The van der Waals surface area contributed by atoms with Crippen LogP contribution in [0.5, 0.6) is 0 Å². The Morgan fingerprint density at radius 1 is 1.35 bits per heavy atom. The highest BCUT2D eigenvalue weighted by molar-refractivity contribution is 5.78. The fourth-order valence-corrected chi connectivity index (χ4v) is 2.21. The van der Waals surface area contributed by atoms with Crippen molar-refractivity contribution < 1.29 is 4.79 Å². The van der Waals surface area contributed by atoms with Crippen molar-refractivity contribution in [2.75, 3.05) is 26.2 Å². The summed E-state index contributed by atoms with van der Waals surface area (Å²) in [6.07, 6.45) is 2.01. The Labute approximate surface area is 103 Å². The van der Waals surface area contributed by atoms with E-state index in [0.29, 0.717) is 6.54 Å². The molecule has 1 aliphatic rings. The van der Waals surface area contributed by atoms with E-state index in [9.17, 15) is 4.79 Å². The number of hydrogen-bond donors (Lipinski definition) is 1. The van der Waals surface area contributed by atoms with Gasteiger partial charge in [0.25, 0.3) is 0 Å². The third-order valence-electron chi connectivity index (χ3n) is 3.32. The van der Waals surface area contributed by atoms with Crippen molar-refractivity contribution in [1.29, 1.82) is 0 Å². The van der Waals surface area contributed by atoms with Crippen molar-refractivity contribution in [3.8, 4) is 0 Å². The van der Waals surface area contributed by atoms with Gasteiger partial charge in [0.1, 0.15) is 0 Å². The van der Waals surface area contributed by atoms with E-state index in [2.05, 4.69) is 36.5 Å². The molecule has 1 saturated heterocycles. The van der Waals surface area contributed by atoms with Crippen molar-refractivity contribution in [2.45, 2.75) is 19.8 Å². The van der Waals surface area contributed by atoms with E-state index in [4.69, 9.17) is 0 Å². The molecular weight excluding hydrogens is 212 g/mol. The van der Waals surface area contributed by atoms with Crippen LogP contribution in [0.3, 0.4) is 0 Å². The summed E-state index contributed by atoms with van der Waals surface area (Å²) in [5, 5.41) is 3.15. The van der Waals surface area contributed by atoms with E-state index in [0.717, 1.165) is 32.5 Å². The van der Waals surface area contributed by atoms with Crippen molar-refractivity contribution in [3.63, 3.8) is 0 Å². The van der Waals surface area contributed by atoms with Crippen LogP contribution < -0.4 is 5.32 Å². The van der Waals surface area contributed by atoms with Gasteiger partial charge in [0.05, 0.1) is 6.54 Å². The summed E-state index contributed by atoms with van der Waals surface area (Å²) >= 11 is 0. The summed E-state index contributed by atoms with van der Waals surface area (Å²) in [7, 11) is 0. The smallest absolute Gasteiger partial charge is 0.236 e. The van der Waals surface area contributed by atoms with Crippen LogP contribution in [-0.4, -0.2) is 37.0 Å². The zero-order chi connectivity index (χ0) is 12.1. The number of amides is 1. The van der Waals surface area contributed by atoms with Gasteiger partial charge in [-0.15, -0.1) is 0 Å². The standard InChI is InChI=1S/C14H20N2O/c1-12-5-2-3-6-13(12)7-10-16-9-4-8-15-11-14(16)17/h2-3,5-6,15H,4,7-11H2,1H3. The maximum Gasteiger partial charge on any atom is 0.236 e. The van der Waals surface area contributed by atoms with Gasteiger partial charge < -0.3 is 10.2 Å². The number of carbonyl (C=O) groups excluding carboxylic acids is 1. The number of nitrogens with one attached hydrogen (secondary N) is 1. The molecule has 1 aromatic rings. The van der Waals surface area contributed by atoms with Crippen molar-refractivity contribution in [3.05, 3.63) is 35.4 Å². The molecule has 17 heavy (non-hydrogen) atoms. The molecule has 0 radical (unpaired) electrons. The van der Waals surface area contributed by atoms with Gasteiger partial charge in [0.15, 0.2) is 0 Å². The first kappa shape index (κ1) is 12.1. The lowest BCUT2D eigenvalue weighted by atomic mass is 10.1. The minimum absolute atomic E-state index is 0.232. The van der Waals surface area contributed by atoms with Crippen LogP contribution in [0.25, 0.3) is 0 Å². The molecular formula is C14H20N2O. The maximum atomic E-state index is 11.8. The fourth-order valence-electron chi connectivity index (χ4n) is 2.21. The Morgan fingerprint density at radius 2 is 2.18 bits per heavy atom. The first-order chi connectivity index (χ1) is 8.27. The molecule has 1 heterocycles. The topological polar surface area (TPSA) is 32.3 Å². The number of hydrogen-bond acceptors (Lipinski definition) is 2. The normalized spacial score (nSPS) is 17.0. The van der Waals surface area contributed by atoms with E-state index in [1.54, 1.807) is 0 Å². The number of benzene rings is 1.